The summed E-state index contributed by atoms with van der Waals surface area (Å²) in [7, 11) is 0. The van der Waals surface area contributed by atoms with Crippen LogP contribution in [-0.2, 0) is 0 Å². The molecule has 2 saturated heterocycles. The molecule has 3 aromatic rings. The third-order valence-corrected chi connectivity index (χ3v) is 6.01. The Labute approximate surface area is 169 Å². The number of phenolic OH excluding ortho intramolecular Hbond substituents is 1. The van der Waals surface area contributed by atoms with E-state index in [1.54, 1.807) is 12.1 Å². The van der Waals surface area contributed by atoms with Crippen LogP contribution in [-0.4, -0.2) is 45.5 Å². The molecule has 3 N–H and O–H groups in total. The zero-order valence-electron chi connectivity index (χ0n) is 16.1. The quantitative estimate of drug-likeness (QED) is 0.712. The Bertz CT molecular complexity index is 997. The number of benzene rings is 1. The second-order valence-electron chi connectivity index (χ2n) is 7.77. The molecule has 7 heteroatoms. The molecular weight excluding hydrogens is 364 g/mol. The van der Waals surface area contributed by atoms with Gasteiger partial charge in [-0.15, -0.1) is 10.2 Å². The molecule has 0 saturated carbocycles. The van der Waals surface area contributed by atoms with E-state index in [0.717, 1.165) is 31.6 Å². The van der Waals surface area contributed by atoms with Gasteiger partial charge in [-0.25, -0.2) is 0 Å². The molecule has 4 heterocycles. The fraction of sp³-hybridized carbons (Fsp3) is 0.318. The van der Waals surface area contributed by atoms with E-state index in [0.29, 0.717) is 29.2 Å². The summed E-state index contributed by atoms with van der Waals surface area (Å²) in [4.78, 5) is 9.05. The van der Waals surface area contributed by atoms with Gasteiger partial charge in [-0.05, 0) is 49.6 Å². The van der Waals surface area contributed by atoms with Crippen LogP contribution in [0.1, 0.15) is 19.3 Å². The second kappa shape index (κ2) is 7.24. The lowest BCUT2D eigenvalue weighted by Gasteiger charge is -2.52. The molecule has 0 aliphatic carbocycles. The van der Waals surface area contributed by atoms with Crippen LogP contribution in [0.5, 0.6) is 5.75 Å². The molecule has 2 bridgehead atoms. The number of hydrogen-bond donors (Lipinski definition) is 2. The van der Waals surface area contributed by atoms with Gasteiger partial charge in [-0.1, -0.05) is 12.1 Å². The Morgan fingerprint density at radius 1 is 0.966 bits per heavy atom. The van der Waals surface area contributed by atoms with Crippen LogP contribution in [0.4, 0.5) is 17.2 Å². The largest absolute Gasteiger partial charge is 0.507 e. The maximum atomic E-state index is 10.2. The van der Waals surface area contributed by atoms with Crippen molar-refractivity contribution in [3.05, 3.63) is 54.9 Å². The predicted molar refractivity (Wildman–Crippen MR) is 114 cm³/mol. The predicted octanol–water partition coefficient (Wildman–Crippen LogP) is 3.07. The van der Waals surface area contributed by atoms with Gasteiger partial charge < -0.3 is 20.6 Å². The van der Waals surface area contributed by atoms with E-state index in [4.69, 9.17) is 5.73 Å². The number of aromatic hydroxyl groups is 1. The van der Waals surface area contributed by atoms with Gasteiger partial charge in [0.25, 0.3) is 0 Å². The summed E-state index contributed by atoms with van der Waals surface area (Å²) >= 11 is 0. The summed E-state index contributed by atoms with van der Waals surface area (Å²) < 4.78 is 0. The van der Waals surface area contributed by atoms with Crippen molar-refractivity contribution in [2.45, 2.75) is 31.3 Å². The molecule has 29 heavy (non-hydrogen) atoms. The van der Waals surface area contributed by atoms with E-state index < -0.39 is 0 Å². The molecule has 2 aliphatic rings. The molecule has 2 atom stereocenters. The molecule has 7 nitrogen and oxygen atoms in total. The van der Waals surface area contributed by atoms with E-state index in [1.165, 1.54) is 12.1 Å². The molecule has 2 unspecified atom stereocenters. The standard InChI is InChI=1S/C22H24N6O/c23-22-20(12-19(25-26-22)18-6-1-2-7-21(18)29)27-13-16-4-3-5-17(14-27)28(16)15-8-10-24-11-9-15/h1-2,6-12,16-17,29H,3-5,13-14H2,(H2,23,26). The highest BCUT2D eigenvalue weighted by molar-refractivity contribution is 5.74. The molecule has 2 fully saturated rings. The van der Waals surface area contributed by atoms with Crippen molar-refractivity contribution < 1.29 is 5.11 Å². The molecule has 0 amide bonds. The van der Waals surface area contributed by atoms with Gasteiger partial charge in [0.15, 0.2) is 5.82 Å². The number of pyridine rings is 1. The monoisotopic (exact) mass is 388 g/mol. The van der Waals surface area contributed by atoms with Gasteiger partial charge in [0, 0.05) is 48.8 Å². The summed E-state index contributed by atoms with van der Waals surface area (Å²) in [5.74, 6) is 0.622. The fourth-order valence-corrected chi connectivity index (χ4v) is 4.71. The van der Waals surface area contributed by atoms with Crippen LogP contribution in [0.3, 0.4) is 0 Å². The highest BCUT2D eigenvalue weighted by atomic mass is 16.3. The first-order valence-electron chi connectivity index (χ1n) is 10.1. The number of piperidine rings is 1. The van der Waals surface area contributed by atoms with E-state index in [1.807, 2.05) is 30.6 Å². The first kappa shape index (κ1) is 17.7. The SMILES string of the molecule is Nc1nnc(-c2ccccc2O)cc1N1CC2CCCC(C1)N2c1ccncc1. The number of phenols is 1. The van der Waals surface area contributed by atoms with Crippen molar-refractivity contribution in [3.63, 3.8) is 0 Å². The first-order valence-corrected chi connectivity index (χ1v) is 10.1. The number of nitrogens with zero attached hydrogens (tertiary/aromatic N) is 5. The summed E-state index contributed by atoms with van der Waals surface area (Å²) in [6, 6.07) is 14.2. The van der Waals surface area contributed by atoms with Crippen LogP contribution in [0, 0.1) is 0 Å². The number of nitrogen functional groups attached to an aromatic ring is 1. The number of hydrogen-bond acceptors (Lipinski definition) is 7. The summed E-state index contributed by atoms with van der Waals surface area (Å²) in [5, 5.41) is 18.6. The molecule has 0 radical (unpaired) electrons. The third kappa shape index (κ3) is 3.22. The molecule has 0 spiro atoms. The Kier molecular flexibility index (Phi) is 4.42. The lowest BCUT2D eigenvalue weighted by atomic mass is 9.90. The lowest BCUT2D eigenvalue weighted by Crippen LogP contribution is -2.61. The van der Waals surface area contributed by atoms with Crippen molar-refractivity contribution in [2.24, 2.45) is 0 Å². The van der Waals surface area contributed by atoms with Crippen molar-refractivity contribution in [1.29, 1.82) is 0 Å². The van der Waals surface area contributed by atoms with Crippen molar-refractivity contribution in [1.82, 2.24) is 15.2 Å². The Hall–Kier alpha value is -3.35. The summed E-state index contributed by atoms with van der Waals surface area (Å²) in [6.07, 6.45) is 7.28. The van der Waals surface area contributed by atoms with Crippen LogP contribution >= 0.6 is 0 Å². The van der Waals surface area contributed by atoms with E-state index in [2.05, 4.69) is 37.1 Å². The van der Waals surface area contributed by atoms with Gasteiger partial charge in [-0.2, -0.15) is 0 Å². The molecule has 2 aliphatic heterocycles. The van der Waals surface area contributed by atoms with Crippen LogP contribution in [0.15, 0.2) is 54.9 Å². The minimum absolute atomic E-state index is 0.192. The fourth-order valence-electron chi connectivity index (χ4n) is 4.71. The van der Waals surface area contributed by atoms with Crippen LogP contribution in [0.25, 0.3) is 11.3 Å². The number of piperazine rings is 1. The minimum atomic E-state index is 0.192. The average molecular weight is 388 g/mol. The number of aromatic nitrogens is 3. The highest BCUT2D eigenvalue weighted by Gasteiger charge is 2.38. The van der Waals surface area contributed by atoms with Gasteiger partial charge in [0.2, 0.25) is 0 Å². The minimum Gasteiger partial charge on any atom is -0.507 e. The number of para-hydroxylation sites is 1. The molecule has 1 aromatic carbocycles. The topological polar surface area (TPSA) is 91.4 Å². The van der Waals surface area contributed by atoms with Gasteiger partial charge >= 0.3 is 0 Å². The second-order valence-corrected chi connectivity index (χ2v) is 7.77. The number of rotatable bonds is 3. The van der Waals surface area contributed by atoms with Crippen molar-refractivity contribution in [3.8, 4) is 17.0 Å². The van der Waals surface area contributed by atoms with E-state index >= 15 is 0 Å². The molecular formula is C22H24N6O. The zero-order valence-corrected chi connectivity index (χ0v) is 16.1. The van der Waals surface area contributed by atoms with E-state index in [9.17, 15) is 5.11 Å². The summed E-state index contributed by atoms with van der Waals surface area (Å²) in [5.41, 5.74) is 9.66. The molecule has 148 valence electrons. The van der Waals surface area contributed by atoms with Gasteiger partial charge in [0.1, 0.15) is 5.75 Å². The smallest absolute Gasteiger partial charge is 0.169 e. The Morgan fingerprint density at radius 2 is 1.69 bits per heavy atom. The Morgan fingerprint density at radius 3 is 2.41 bits per heavy atom. The normalized spacial score (nSPS) is 21.2. The number of anilines is 3. The number of fused-ring (bicyclic) bond motifs is 2. The van der Waals surface area contributed by atoms with Crippen molar-refractivity contribution >= 4 is 17.2 Å². The first-order chi connectivity index (χ1) is 14.2. The van der Waals surface area contributed by atoms with E-state index in [-0.39, 0.29) is 5.75 Å². The maximum absolute atomic E-state index is 10.2. The summed E-state index contributed by atoms with van der Waals surface area (Å²) in [6.45, 7) is 1.77. The Balaban J connectivity index is 1.47. The van der Waals surface area contributed by atoms with Gasteiger partial charge in [0.05, 0.1) is 11.4 Å². The van der Waals surface area contributed by atoms with Crippen LogP contribution in [0.2, 0.25) is 0 Å². The molecule has 5 rings (SSSR count). The maximum Gasteiger partial charge on any atom is 0.169 e. The zero-order chi connectivity index (χ0) is 19.8. The third-order valence-electron chi connectivity index (χ3n) is 6.01. The highest BCUT2D eigenvalue weighted by Crippen LogP contribution is 2.37. The van der Waals surface area contributed by atoms with Crippen molar-refractivity contribution in [2.75, 3.05) is 28.6 Å². The molecule has 2 aromatic heterocycles. The van der Waals surface area contributed by atoms with Gasteiger partial charge in [-0.3, -0.25) is 4.98 Å². The number of nitrogens with two attached hydrogens (primary N) is 1. The van der Waals surface area contributed by atoms with Crippen LogP contribution < -0.4 is 15.5 Å². The lowest BCUT2D eigenvalue weighted by molar-refractivity contribution is 0.339. The average Bonchev–Trinajstić information content (AvgIpc) is 2.74.